The van der Waals surface area contributed by atoms with Crippen molar-refractivity contribution in [2.45, 2.75) is 26.2 Å². The van der Waals surface area contributed by atoms with Crippen molar-refractivity contribution in [1.29, 1.82) is 0 Å². The Morgan fingerprint density at radius 1 is 1.00 bits per heavy atom. The minimum absolute atomic E-state index is 0.319. The van der Waals surface area contributed by atoms with E-state index in [0.29, 0.717) is 0 Å². The largest absolute Gasteiger partial charge is 0.550 e. The Hall–Kier alpha value is -0.800. The average Bonchev–Trinajstić information content (AvgIpc) is 2.13. The lowest BCUT2D eigenvalue weighted by atomic mass is 10.3. The fourth-order valence-corrected chi connectivity index (χ4v) is 1.74. The molecule has 0 aromatic carbocycles. The van der Waals surface area contributed by atoms with Gasteiger partial charge in [0.25, 0.3) is 5.71 Å². The van der Waals surface area contributed by atoms with Crippen molar-refractivity contribution in [3.8, 4) is 0 Å². The van der Waals surface area contributed by atoms with Gasteiger partial charge in [0.2, 0.25) is 0 Å². The highest BCUT2D eigenvalue weighted by Crippen LogP contribution is 2.50. The van der Waals surface area contributed by atoms with Crippen LogP contribution >= 0.6 is 7.82 Å². The molecule has 0 aromatic heterocycles. The fourth-order valence-electron chi connectivity index (χ4n) is 0.756. The first-order chi connectivity index (χ1) is 8.46. The van der Waals surface area contributed by atoms with Crippen molar-refractivity contribution >= 4 is 13.5 Å². The third kappa shape index (κ3) is 6.26. The predicted molar refractivity (Wildman–Crippen MR) is 51.5 cm³/mol. The van der Waals surface area contributed by atoms with Crippen molar-refractivity contribution in [3.05, 3.63) is 0 Å². The molecule has 0 aliphatic rings. The van der Waals surface area contributed by atoms with E-state index >= 15 is 0 Å². The van der Waals surface area contributed by atoms with Crippen molar-refractivity contribution in [3.63, 3.8) is 0 Å². The Morgan fingerprint density at radius 2 is 1.37 bits per heavy atom. The molecule has 0 saturated carbocycles. The lowest BCUT2D eigenvalue weighted by molar-refractivity contribution is -0.120. The molecule has 0 rings (SSSR count). The van der Waals surface area contributed by atoms with Crippen LogP contribution in [0.3, 0.4) is 0 Å². The Bertz CT molecular complexity index is 340. The molecule has 0 unspecified atom stereocenters. The number of hydrogen-bond acceptors (Lipinski definition) is 5. The molecule has 0 heterocycles. The summed E-state index contributed by atoms with van der Waals surface area (Å²) in [5.74, 6) is 0. The Morgan fingerprint density at radius 3 is 1.63 bits per heavy atom. The van der Waals surface area contributed by atoms with Gasteiger partial charge in [0.05, 0.1) is 13.2 Å². The van der Waals surface area contributed by atoms with Gasteiger partial charge in [-0.05, 0) is 13.8 Å². The zero-order chi connectivity index (χ0) is 15.3. The molecule has 0 N–H and O–H groups in total. The van der Waals surface area contributed by atoms with Crippen LogP contribution in [0.15, 0.2) is 5.16 Å². The summed E-state index contributed by atoms with van der Waals surface area (Å²) >= 11 is 0. The van der Waals surface area contributed by atoms with Crippen LogP contribution in [0.2, 0.25) is 0 Å². The molecular weight excluding hydrogens is 307 g/mol. The number of nitrogens with zero attached hydrogens (tertiary/aromatic N) is 1. The van der Waals surface area contributed by atoms with E-state index in [1.807, 2.05) is 5.16 Å². The van der Waals surface area contributed by atoms with Crippen LogP contribution in [0.1, 0.15) is 13.8 Å². The van der Waals surface area contributed by atoms with Crippen LogP contribution in [0.5, 0.6) is 0 Å². The van der Waals surface area contributed by atoms with Crippen LogP contribution in [0.25, 0.3) is 0 Å². The van der Waals surface area contributed by atoms with Gasteiger partial charge in [-0.2, -0.15) is 26.3 Å². The van der Waals surface area contributed by atoms with E-state index in [4.69, 9.17) is 0 Å². The molecule has 0 aliphatic heterocycles. The second-order valence-corrected chi connectivity index (χ2v) is 4.37. The summed E-state index contributed by atoms with van der Waals surface area (Å²) in [7, 11) is -4.60. The zero-order valence-electron chi connectivity index (χ0n) is 9.71. The summed E-state index contributed by atoms with van der Waals surface area (Å²) in [4.78, 5) is 0. The first-order valence-corrected chi connectivity index (χ1v) is 6.22. The highest BCUT2D eigenvalue weighted by molar-refractivity contribution is 7.48. The molecule has 0 bridgehead atoms. The summed E-state index contributed by atoms with van der Waals surface area (Å²) in [5, 5.41) is 1.83. The summed E-state index contributed by atoms with van der Waals surface area (Å²) in [6.45, 7) is 1.93. The molecule has 5 nitrogen and oxygen atoms in total. The maximum Gasteiger partial charge on any atom is 0.550 e. The molecule has 19 heavy (non-hydrogen) atoms. The number of phosphoric ester groups is 1. The quantitative estimate of drug-likeness (QED) is 0.325. The summed E-state index contributed by atoms with van der Waals surface area (Å²) in [6, 6.07) is 0. The second kappa shape index (κ2) is 6.58. The highest BCUT2D eigenvalue weighted by Gasteiger charge is 2.54. The van der Waals surface area contributed by atoms with Gasteiger partial charge >= 0.3 is 20.2 Å². The van der Waals surface area contributed by atoms with E-state index in [9.17, 15) is 30.9 Å². The summed E-state index contributed by atoms with van der Waals surface area (Å²) in [5.41, 5.74) is -3.19. The minimum Gasteiger partial charge on any atom is -0.291 e. The average molecular weight is 317 g/mol. The van der Waals surface area contributed by atoms with E-state index < -0.39 is 25.9 Å². The molecule has 0 aliphatic carbocycles. The monoisotopic (exact) mass is 317 g/mol. The molecule has 12 heteroatoms. The van der Waals surface area contributed by atoms with Crippen LogP contribution in [-0.2, 0) is 18.2 Å². The number of oxime groups is 1. The zero-order valence-corrected chi connectivity index (χ0v) is 10.6. The number of halogens is 6. The van der Waals surface area contributed by atoms with Gasteiger partial charge in [-0.1, -0.05) is 5.16 Å². The Kier molecular flexibility index (Phi) is 6.30. The highest BCUT2D eigenvalue weighted by atomic mass is 31.2. The molecule has 0 aromatic rings. The van der Waals surface area contributed by atoms with Crippen molar-refractivity contribution in [2.75, 3.05) is 13.2 Å². The normalized spacial score (nSPS) is 13.3. The smallest absolute Gasteiger partial charge is 0.291 e. The SMILES string of the molecule is CCOP(=O)(OCC)ON=C(C(F)(F)F)C(F)(F)F. The number of alkyl halides is 6. The third-order valence-corrected chi connectivity index (χ3v) is 2.77. The molecule has 0 spiro atoms. The van der Waals surface area contributed by atoms with Gasteiger partial charge in [0.15, 0.2) is 0 Å². The van der Waals surface area contributed by atoms with E-state index in [2.05, 4.69) is 13.7 Å². The van der Waals surface area contributed by atoms with Gasteiger partial charge in [0.1, 0.15) is 0 Å². The minimum atomic E-state index is -5.82. The third-order valence-electron chi connectivity index (χ3n) is 1.34. The topological polar surface area (TPSA) is 57.1 Å². The Balaban J connectivity index is 5.22. The van der Waals surface area contributed by atoms with Gasteiger partial charge in [-0.25, -0.2) is 4.57 Å². The van der Waals surface area contributed by atoms with Gasteiger partial charge in [0, 0.05) is 0 Å². The number of phosphoric acid groups is 1. The summed E-state index contributed by atoms with van der Waals surface area (Å²) in [6.07, 6.45) is -11.6. The van der Waals surface area contributed by atoms with Gasteiger partial charge in [-0.15, -0.1) is 0 Å². The van der Waals surface area contributed by atoms with E-state index in [1.165, 1.54) is 13.8 Å². The lowest BCUT2D eigenvalue weighted by Crippen LogP contribution is -2.37. The molecule has 0 amide bonds. The van der Waals surface area contributed by atoms with E-state index in [0.717, 1.165) is 0 Å². The first kappa shape index (κ1) is 18.2. The fraction of sp³-hybridized carbons (Fsp3) is 0.857. The molecule has 114 valence electrons. The maximum atomic E-state index is 12.1. The first-order valence-electron chi connectivity index (χ1n) is 4.76. The Labute approximate surface area is 104 Å². The molecule has 0 radical (unpaired) electrons. The lowest BCUT2D eigenvalue weighted by Gasteiger charge is -2.16. The van der Waals surface area contributed by atoms with Gasteiger partial charge < -0.3 is 0 Å². The van der Waals surface area contributed by atoms with E-state index in [1.54, 1.807) is 0 Å². The molecule has 0 saturated heterocycles. The standard InChI is InChI=1S/C7H10F6NO4P/c1-3-16-19(15,17-4-2)18-14-5(6(8,9)10)7(11,12)13/h3-4H2,1-2H3. The maximum absolute atomic E-state index is 12.1. The van der Waals surface area contributed by atoms with Crippen LogP contribution in [0.4, 0.5) is 26.3 Å². The number of hydrogen-bond donors (Lipinski definition) is 0. The van der Waals surface area contributed by atoms with Gasteiger partial charge in [-0.3, -0.25) is 13.7 Å². The molecule has 0 atom stereocenters. The van der Waals surface area contributed by atoms with Crippen molar-refractivity contribution in [1.82, 2.24) is 0 Å². The van der Waals surface area contributed by atoms with Crippen LogP contribution in [0, 0.1) is 0 Å². The molecular formula is C7H10F6NO4P. The van der Waals surface area contributed by atoms with Crippen LogP contribution in [-0.4, -0.2) is 31.3 Å². The summed E-state index contributed by atoms with van der Waals surface area (Å²) < 4.78 is 96.1. The predicted octanol–water partition coefficient (Wildman–Crippen LogP) is 3.66. The second-order valence-electron chi connectivity index (χ2n) is 2.80. The molecule has 0 fully saturated rings. The van der Waals surface area contributed by atoms with Crippen molar-refractivity contribution in [2.24, 2.45) is 5.16 Å². The van der Waals surface area contributed by atoms with E-state index in [-0.39, 0.29) is 13.2 Å². The van der Waals surface area contributed by atoms with Crippen LogP contribution < -0.4 is 0 Å². The van der Waals surface area contributed by atoms with Crippen molar-refractivity contribution < 1.29 is 44.6 Å². The number of rotatable bonds is 6.